The van der Waals surface area contributed by atoms with Gasteiger partial charge in [-0.1, -0.05) is 36.4 Å². The Hall–Kier alpha value is -5.40. The lowest BCUT2D eigenvalue weighted by Crippen LogP contribution is -2.46. The van der Waals surface area contributed by atoms with Crippen LogP contribution in [0.2, 0.25) is 0 Å². The third-order valence-corrected chi connectivity index (χ3v) is 6.83. The highest BCUT2D eigenvalue weighted by atomic mass is 16.6. The first-order chi connectivity index (χ1) is 18.9. The molecule has 196 valence electrons. The average Bonchev–Trinajstić information content (AvgIpc) is 2.93. The third-order valence-electron chi connectivity index (χ3n) is 6.83. The largest absolute Gasteiger partial charge is 0.397 e. The first-order valence-corrected chi connectivity index (χ1v) is 12.2. The SMILES string of the molecule is N#CNC1=NC(c2ccc(N3CCN(Cc4ccccc4)CC3)c([N+](=O)[O-])c2)c2c(nc(N)c(C#N)c2N)N1. The van der Waals surface area contributed by atoms with Crippen molar-refractivity contribution in [3.63, 3.8) is 0 Å². The van der Waals surface area contributed by atoms with E-state index in [1.807, 2.05) is 29.2 Å². The van der Waals surface area contributed by atoms with E-state index in [0.29, 0.717) is 29.9 Å². The van der Waals surface area contributed by atoms with Gasteiger partial charge in [-0.15, -0.1) is 0 Å². The van der Waals surface area contributed by atoms with E-state index in [1.165, 1.54) is 11.6 Å². The second-order valence-electron chi connectivity index (χ2n) is 9.16. The molecule has 0 saturated carbocycles. The number of nitro groups is 1. The maximum atomic E-state index is 12.2. The van der Waals surface area contributed by atoms with Gasteiger partial charge in [-0.2, -0.15) is 10.5 Å². The van der Waals surface area contributed by atoms with Crippen LogP contribution in [-0.2, 0) is 6.54 Å². The molecule has 39 heavy (non-hydrogen) atoms. The molecular weight excluding hydrogens is 498 g/mol. The molecule has 1 saturated heterocycles. The number of hydrogen-bond donors (Lipinski definition) is 4. The van der Waals surface area contributed by atoms with Crippen molar-refractivity contribution < 1.29 is 4.92 Å². The van der Waals surface area contributed by atoms with Crippen molar-refractivity contribution in [2.45, 2.75) is 12.6 Å². The van der Waals surface area contributed by atoms with Gasteiger partial charge in [0.1, 0.15) is 35.0 Å². The Labute approximate surface area is 224 Å². The number of benzene rings is 2. The third kappa shape index (κ3) is 4.94. The molecule has 1 aromatic heterocycles. The van der Waals surface area contributed by atoms with E-state index in [1.54, 1.807) is 18.3 Å². The number of aliphatic imine (C=N–C) groups is 1. The Bertz CT molecular complexity index is 1530. The number of nitrogens with one attached hydrogen (secondary N) is 2. The van der Waals surface area contributed by atoms with Crippen LogP contribution in [0.4, 0.5) is 28.7 Å². The quantitative estimate of drug-likeness (QED) is 0.165. The molecule has 0 radical (unpaired) electrons. The Morgan fingerprint density at radius 1 is 1.13 bits per heavy atom. The standard InChI is InChI=1S/C26H25N11O2/c27-13-18-22(29)21-23(32-26(31-15-28)34-25(21)33-24(18)30)17-6-7-19(20(12-17)37(38)39)36-10-8-35(9-11-36)14-16-4-2-1-3-5-16/h1-7,12,23H,8-11,14H2,(H6,29,30,31,32,33,34). The highest BCUT2D eigenvalue weighted by Gasteiger charge is 2.32. The number of anilines is 4. The fourth-order valence-electron chi connectivity index (χ4n) is 4.93. The molecular formula is C26H25N11O2. The van der Waals surface area contributed by atoms with Crippen LogP contribution >= 0.6 is 0 Å². The molecule has 2 aliphatic heterocycles. The number of piperazine rings is 1. The molecule has 5 rings (SSSR count). The predicted octanol–water partition coefficient (Wildman–Crippen LogP) is 2.29. The van der Waals surface area contributed by atoms with Gasteiger partial charge in [0.25, 0.3) is 5.69 Å². The number of nitrogens with zero attached hydrogens (tertiary/aromatic N) is 7. The molecule has 3 aromatic rings. The topological polar surface area (TPSA) is 199 Å². The minimum Gasteiger partial charge on any atom is -0.397 e. The summed E-state index contributed by atoms with van der Waals surface area (Å²) >= 11 is 0. The lowest BCUT2D eigenvalue weighted by molar-refractivity contribution is -0.384. The Kier molecular flexibility index (Phi) is 6.82. The highest BCUT2D eigenvalue weighted by Crippen LogP contribution is 2.42. The minimum absolute atomic E-state index is 0.00747. The first kappa shape index (κ1) is 25.3. The Balaban J connectivity index is 1.46. The van der Waals surface area contributed by atoms with Crippen molar-refractivity contribution in [1.82, 2.24) is 15.2 Å². The number of fused-ring (bicyclic) bond motifs is 1. The predicted molar refractivity (Wildman–Crippen MR) is 146 cm³/mol. The van der Waals surface area contributed by atoms with Gasteiger partial charge in [-0.05, 0) is 17.2 Å². The smallest absolute Gasteiger partial charge is 0.292 e. The van der Waals surface area contributed by atoms with Crippen molar-refractivity contribution >= 4 is 34.7 Å². The summed E-state index contributed by atoms with van der Waals surface area (Å²) in [5.74, 6) is 0.209. The van der Waals surface area contributed by atoms with Crippen molar-refractivity contribution in [1.29, 1.82) is 10.5 Å². The van der Waals surface area contributed by atoms with E-state index in [2.05, 4.69) is 37.6 Å². The molecule has 2 aliphatic rings. The number of nitro benzene ring substituents is 1. The molecule has 6 N–H and O–H groups in total. The maximum absolute atomic E-state index is 12.2. The average molecular weight is 524 g/mol. The molecule has 0 bridgehead atoms. The van der Waals surface area contributed by atoms with Crippen molar-refractivity contribution in [3.05, 3.63) is 80.9 Å². The Morgan fingerprint density at radius 3 is 2.54 bits per heavy atom. The number of hydrogen-bond acceptors (Lipinski definition) is 12. The normalized spacial score (nSPS) is 16.7. The van der Waals surface area contributed by atoms with Crippen LogP contribution < -0.4 is 27.0 Å². The maximum Gasteiger partial charge on any atom is 0.292 e. The second-order valence-corrected chi connectivity index (χ2v) is 9.16. The molecule has 0 spiro atoms. The zero-order valence-electron chi connectivity index (χ0n) is 20.8. The number of pyridine rings is 1. The van der Waals surface area contributed by atoms with Crippen LogP contribution in [-0.4, -0.2) is 46.9 Å². The summed E-state index contributed by atoms with van der Waals surface area (Å²) in [6, 6.07) is 16.2. The summed E-state index contributed by atoms with van der Waals surface area (Å²) in [5.41, 5.74) is 14.7. The fourth-order valence-corrected chi connectivity index (χ4v) is 4.93. The molecule has 13 heteroatoms. The van der Waals surface area contributed by atoms with Crippen molar-refractivity contribution in [2.75, 3.05) is 47.9 Å². The van der Waals surface area contributed by atoms with E-state index < -0.39 is 11.0 Å². The summed E-state index contributed by atoms with van der Waals surface area (Å²) in [5, 5.41) is 36.1. The van der Waals surface area contributed by atoms with E-state index in [9.17, 15) is 15.4 Å². The summed E-state index contributed by atoms with van der Waals surface area (Å²) < 4.78 is 0. The van der Waals surface area contributed by atoms with E-state index >= 15 is 0 Å². The summed E-state index contributed by atoms with van der Waals surface area (Å²) in [7, 11) is 0. The lowest BCUT2D eigenvalue weighted by atomic mass is 9.94. The van der Waals surface area contributed by atoms with Crippen LogP contribution in [0.5, 0.6) is 0 Å². The van der Waals surface area contributed by atoms with Gasteiger partial charge >= 0.3 is 0 Å². The molecule has 3 heterocycles. The second kappa shape index (κ2) is 10.5. The van der Waals surface area contributed by atoms with E-state index in [-0.39, 0.29) is 34.5 Å². The summed E-state index contributed by atoms with van der Waals surface area (Å²) in [6.45, 7) is 3.64. The Morgan fingerprint density at radius 2 is 1.87 bits per heavy atom. The minimum atomic E-state index is -0.868. The van der Waals surface area contributed by atoms with Crippen LogP contribution in [0.15, 0.2) is 53.5 Å². The number of nitrogen functional groups attached to an aromatic ring is 2. The number of aromatic nitrogens is 1. The molecule has 1 unspecified atom stereocenters. The van der Waals surface area contributed by atoms with Crippen LogP contribution in [0.1, 0.15) is 28.3 Å². The highest BCUT2D eigenvalue weighted by molar-refractivity contribution is 5.98. The lowest BCUT2D eigenvalue weighted by Gasteiger charge is -2.36. The summed E-state index contributed by atoms with van der Waals surface area (Å²) in [6.07, 6.45) is 1.79. The van der Waals surface area contributed by atoms with Crippen molar-refractivity contribution in [3.8, 4) is 12.3 Å². The van der Waals surface area contributed by atoms with E-state index in [4.69, 9.17) is 16.7 Å². The first-order valence-electron chi connectivity index (χ1n) is 12.2. The molecule has 1 fully saturated rings. The van der Waals surface area contributed by atoms with Gasteiger partial charge in [0.05, 0.1) is 10.6 Å². The van der Waals surface area contributed by atoms with Crippen LogP contribution in [0, 0.1) is 32.9 Å². The van der Waals surface area contributed by atoms with Crippen LogP contribution in [0.3, 0.4) is 0 Å². The van der Waals surface area contributed by atoms with E-state index in [0.717, 1.165) is 19.6 Å². The summed E-state index contributed by atoms with van der Waals surface area (Å²) in [4.78, 5) is 24.8. The van der Waals surface area contributed by atoms with Gasteiger partial charge < -0.3 is 21.7 Å². The fraction of sp³-hybridized carbons (Fsp3) is 0.231. The monoisotopic (exact) mass is 523 g/mol. The molecule has 13 nitrogen and oxygen atoms in total. The van der Waals surface area contributed by atoms with Gasteiger partial charge in [-0.25, -0.2) is 9.98 Å². The van der Waals surface area contributed by atoms with Crippen molar-refractivity contribution in [2.24, 2.45) is 4.99 Å². The number of guanidine groups is 1. The zero-order chi connectivity index (χ0) is 27.5. The van der Waals surface area contributed by atoms with Gasteiger partial charge in [0.2, 0.25) is 5.96 Å². The number of rotatable bonds is 5. The van der Waals surface area contributed by atoms with Crippen LogP contribution in [0.25, 0.3) is 0 Å². The molecule has 0 aliphatic carbocycles. The molecule has 1 atom stereocenters. The van der Waals surface area contributed by atoms with Gasteiger partial charge in [0, 0.05) is 44.4 Å². The number of nitriles is 2. The number of nitrogens with two attached hydrogens (primary N) is 2. The molecule has 0 amide bonds. The van der Waals surface area contributed by atoms with Gasteiger partial charge in [-0.3, -0.25) is 20.3 Å². The molecule has 2 aromatic carbocycles. The van der Waals surface area contributed by atoms with Gasteiger partial charge in [0.15, 0.2) is 6.19 Å². The zero-order valence-corrected chi connectivity index (χ0v) is 20.8.